The van der Waals surface area contributed by atoms with E-state index in [1.165, 1.54) is 18.3 Å². The summed E-state index contributed by atoms with van der Waals surface area (Å²) in [5.74, 6) is 1.46. The second-order valence-corrected chi connectivity index (χ2v) is 5.46. The third kappa shape index (κ3) is 2.99. The van der Waals surface area contributed by atoms with Gasteiger partial charge in [0.15, 0.2) is 0 Å². The van der Waals surface area contributed by atoms with Crippen LogP contribution in [0.15, 0.2) is 35.7 Å². The van der Waals surface area contributed by atoms with Crippen LogP contribution in [-0.2, 0) is 4.79 Å². The van der Waals surface area contributed by atoms with Crippen LogP contribution in [0.2, 0.25) is 0 Å². The van der Waals surface area contributed by atoms with Crippen molar-refractivity contribution < 1.29 is 9.53 Å². The van der Waals surface area contributed by atoms with E-state index >= 15 is 0 Å². The minimum atomic E-state index is -0.127. The number of carbonyl (C=O) groups excluding carboxylic acids is 1. The Morgan fingerprint density at radius 1 is 1.27 bits per heavy atom. The first-order chi connectivity index (χ1) is 10.7. The van der Waals surface area contributed by atoms with E-state index in [-0.39, 0.29) is 5.91 Å². The molecule has 1 aromatic carbocycles. The topological polar surface area (TPSA) is 76.1 Å². The highest BCUT2D eigenvalue weighted by molar-refractivity contribution is 7.17. The molecular weight excluding hydrogens is 300 g/mol. The molecule has 0 bridgehead atoms. The summed E-state index contributed by atoms with van der Waals surface area (Å²) in [5.41, 5.74) is 1.51. The predicted octanol–water partition coefficient (Wildman–Crippen LogP) is 3.48. The van der Waals surface area contributed by atoms with Crippen LogP contribution in [0.1, 0.15) is 6.92 Å². The van der Waals surface area contributed by atoms with Crippen molar-refractivity contribution in [3.05, 3.63) is 35.7 Å². The fraction of sp³-hybridized carbons (Fsp3) is 0.133. The first-order valence-corrected chi connectivity index (χ1v) is 7.52. The monoisotopic (exact) mass is 314 g/mol. The Morgan fingerprint density at radius 2 is 2.14 bits per heavy atom. The van der Waals surface area contributed by atoms with E-state index < -0.39 is 0 Å². The maximum absolute atomic E-state index is 11.1. The number of ether oxygens (including phenoxy) is 1. The summed E-state index contributed by atoms with van der Waals surface area (Å²) in [6.07, 6.45) is 0. The van der Waals surface area contributed by atoms with Gasteiger partial charge in [0.05, 0.1) is 5.52 Å². The standard InChI is InChI=1S/C15H14N4O2S/c1-9(20)17-10-4-3-5-11(8-10)21-14-13-12(6-7-22-13)18-15(16-2)19-14/h3-8H,1-2H3,(H,17,20)(H,16,18,19). The molecule has 0 aliphatic carbocycles. The molecule has 0 spiro atoms. The first kappa shape index (κ1) is 14.3. The lowest BCUT2D eigenvalue weighted by molar-refractivity contribution is -0.114. The van der Waals surface area contributed by atoms with E-state index in [9.17, 15) is 4.79 Å². The fourth-order valence-electron chi connectivity index (χ4n) is 1.97. The van der Waals surface area contributed by atoms with Gasteiger partial charge >= 0.3 is 0 Å². The van der Waals surface area contributed by atoms with Gasteiger partial charge in [0, 0.05) is 25.7 Å². The molecule has 112 valence electrons. The number of hydrogen-bond acceptors (Lipinski definition) is 6. The largest absolute Gasteiger partial charge is 0.437 e. The average Bonchev–Trinajstić information content (AvgIpc) is 2.95. The summed E-state index contributed by atoms with van der Waals surface area (Å²) in [5, 5.41) is 7.59. The van der Waals surface area contributed by atoms with Crippen molar-refractivity contribution in [2.75, 3.05) is 17.7 Å². The molecule has 0 atom stereocenters. The average molecular weight is 314 g/mol. The van der Waals surface area contributed by atoms with Crippen LogP contribution in [0.3, 0.4) is 0 Å². The fourth-order valence-corrected chi connectivity index (χ4v) is 2.73. The van der Waals surface area contributed by atoms with E-state index in [0.29, 0.717) is 23.3 Å². The highest BCUT2D eigenvalue weighted by Crippen LogP contribution is 2.32. The van der Waals surface area contributed by atoms with E-state index in [2.05, 4.69) is 20.6 Å². The van der Waals surface area contributed by atoms with Crippen molar-refractivity contribution in [3.8, 4) is 11.6 Å². The normalized spacial score (nSPS) is 10.5. The molecule has 2 N–H and O–H groups in total. The van der Waals surface area contributed by atoms with Crippen LogP contribution in [0.4, 0.5) is 11.6 Å². The number of thiophene rings is 1. The van der Waals surface area contributed by atoms with Gasteiger partial charge in [0.25, 0.3) is 0 Å². The van der Waals surface area contributed by atoms with Gasteiger partial charge in [0.2, 0.25) is 17.7 Å². The van der Waals surface area contributed by atoms with Crippen LogP contribution in [0.25, 0.3) is 10.2 Å². The molecule has 3 rings (SSSR count). The highest BCUT2D eigenvalue weighted by Gasteiger charge is 2.11. The number of carbonyl (C=O) groups is 1. The van der Waals surface area contributed by atoms with Gasteiger partial charge in [-0.15, -0.1) is 11.3 Å². The zero-order chi connectivity index (χ0) is 15.5. The van der Waals surface area contributed by atoms with Crippen molar-refractivity contribution in [3.63, 3.8) is 0 Å². The molecule has 0 aliphatic rings. The first-order valence-electron chi connectivity index (χ1n) is 6.64. The lowest BCUT2D eigenvalue weighted by atomic mass is 10.3. The Bertz CT molecular complexity index is 831. The van der Waals surface area contributed by atoms with Crippen molar-refractivity contribution in [1.29, 1.82) is 0 Å². The zero-order valence-electron chi connectivity index (χ0n) is 12.1. The molecule has 0 saturated heterocycles. The van der Waals surface area contributed by atoms with Crippen LogP contribution < -0.4 is 15.4 Å². The van der Waals surface area contributed by atoms with Gasteiger partial charge in [-0.25, -0.2) is 4.98 Å². The Hall–Kier alpha value is -2.67. The number of nitrogens with one attached hydrogen (secondary N) is 2. The van der Waals surface area contributed by atoms with E-state index in [4.69, 9.17) is 4.74 Å². The maximum Gasteiger partial charge on any atom is 0.242 e. The Kier molecular flexibility index (Phi) is 3.88. The number of nitrogens with zero attached hydrogens (tertiary/aromatic N) is 2. The van der Waals surface area contributed by atoms with Crippen molar-refractivity contribution >= 4 is 39.1 Å². The highest BCUT2D eigenvalue weighted by atomic mass is 32.1. The van der Waals surface area contributed by atoms with Gasteiger partial charge in [-0.05, 0) is 23.6 Å². The molecular formula is C15H14N4O2S. The second-order valence-electron chi connectivity index (χ2n) is 4.55. The zero-order valence-corrected chi connectivity index (χ0v) is 12.9. The quantitative estimate of drug-likeness (QED) is 0.771. The van der Waals surface area contributed by atoms with E-state index in [1.54, 1.807) is 19.2 Å². The summed E-state index contributed by atoms with van der Waals surface area (Å²) in [4.78, 5) is 19.8. The molecule has 0 saturated carbocycles. The van der Waals surface area contributed by atoms with Crippen LogP contribution in [0.5, 0.6) is 11.6 Å². The maximum atomic E-state index is 11.1. The number of fused-ring (bicyclic) bond motifs is 1. The minimum absolute atomic E-state index is 0.127. The van der Waals surface area contributed by atoms with E-state index in [1.807, 2.05) is 23.6 Å². The van der Waals surface area contributed by atoms with Gasteiger partial charge < -0.3 is 15.4 Å². The molecule has 1 amide bonds. The smallest absolute Gasteiger partial charge is 0.242 e. The number of amides is 1. The summed E-state index contributed by atoms with van der Waals surface area (Å²) < 4.78 is 6.76. The lowest BCUT2D eigenvalue weighted by Gasteiger charge is -2.09. The molecule has 6 nitrogen and oxygen atoms in total. The Balaban J connectivity index is 1.95. The molecule has 3 aromatic rings. The number of anilines is 2. The molecule has 0 radical (unpaired) electrons. The van der Waals surface area contributed by atoms with Gasteiger partial charge in [-0.2, -0.15) is 4.98 Å². The molecule has 22 heavy (non-hydrogen) atoms. The van der Waals surface area contributed by atoms with Gasteiger partial charge in [-0.1, -0.05) is 6.07 Å². The third-order valence-electron chi connectivity index (χ3n) is 2.87. The number of aromatic nitrogens is 2. The van der Waals surface area contributed by atoms with Crippen LogP contribution in [-0.4, -0.2) is 22.9 Å². The van der Waals surface area contributed by atoms with Gasteiger partial charge in [-0.3, -0.25) is 4.79 Å². The number of rotatable bonds is 4. The van der Waals surface area contributed by atoms with Gasteiger partial charge in [0.1, 0.15) is 10.4 Å². The second kappa shape index (κ2) is 5.98. The summed E-state index contributed by atoms with van der Waals surface area (Å²) in [6.45, 7) is 1.46. The van der Waals surface area contributed by atoms with Crippen LogP contribution in [0, 0.1) is 0 Å². The third-order valence-corrected chi connectivity index (χ3v) is 3.76. The molecule has 0 aliphatic heterocycles. The number of benzene rings is 1. The molecule has 2 aromatic heterocycles. The Labute approximate surface area is 131 Å². The lowest BCUT2D eigenvalue weighted by Crippen LogP contribution is -2.05. The Morgan fingerprint density at radius 3 is 2.91 bits per heavy atom. The predicted molar refractivity (Wildman–Crippen MR) is 87.8 cm³/mol. The van der Waals surface area contributed by atoms with Crippen molar-refractivity contribution in [1.82, 2.24) is 9.97 Å². The molecule has 2 heterocycles. The van der Waals surface area contributed by atoms with Crippen molar-refractivity contribution in [2.45, 2.75) is 6.92 Å². The molecule has 0 fully saturated rings. The summed E-state index contributed by atoms with van der Waals surface area (Å²) >= 11 is 1.52. The van der Waals surface area contributed by atoms with E-state index in [0.717, 1.165) is 10.2 Å². The van der Waals surface area contributed by atoms with Crippen LogP contribution >= 0.6 is 11.3 Å². The molecule has 0 unspecified atom stereocenters. The number of hydrogen-bond donors (Lipinski definition) is 2. The summed E-state index contributed by atoms with van der Waals surface area (Å²) in [7, 11) is 1.76. The minimum Gasteiger partial charge on any atom is -0.437 e. The van der Waals surface area contributed by atoms with Crippen molar-refractivity contribution in [2.24, 2.45) is 0 Å². The molecule has 7 heteroatoms. The summed E-state index contributed by atoms with van der Waals surface area (Å²) in [6, 6.07) is 9.09. The SMILES string of the molecule is CNc1nc(Oc2cccc(NC(C)=O)c2)c2sccc2n1.